The zero-order chi connectivity index (χ0) is 24.7. The number of ether oxygens (including phenoxy) is 3. The maximum atomic E-state index is 13.0. The number of hydrogen-bond acceptors (Lipinski definition) is 5. The zero-order valence-corrected chi connectivity index (χ0v) is 21.7. The summed E-state index contributed by atoms with van der Waals surface area (Å²) < 4.78 is 17.8. The predicted octanol–water partition coefficient (Wildman–Crippen LogP) is 6.07. The molecule has 1 N–H and O–H groups in total. The summed E-state index contributed by atoms with van der Waals surface area (Å²) in [6, 6.07) is 11.7. The number of rotatable bonds is 5. The fraction of sp³-hybridized carbons (Fsp3) is 0.536. The van der Waals surface area contributed by atoms with Gasteiger partial charge in [-0.25, -0.2) is 4.79 Å². The van der Waals surface area contributed by atoms with Gasteiger partial charge < -0.3 is 19.5 Å². The Kier molecular flexibility index (Phi) is 6.62. The topological polar surface area (TPSA) is 60.0 Å². The second kappa shape index (κ2) is 9.55. The van der Waals surface area contributed by atoms with E-state index < -0.39 is 0 Å². The second-order valence-electron chi connectivity index (χ2n) is 11.0. The standard InChI is InChI=1S/C28H35ClN2O4/c1-17(2)34-23-8-6-19(13-22(23)29)20-5-7-21-24(14-20)33-16-28(3,4)26(21)30-27(32)35-25-15-31-11-9-18(25)10-12-31/h5-8,13-14,17-18,25-26H,9-12,15-16H2,1-4H3,(H,30,32)/t25-,26?/m0/s1. The van der Waals surface area contributed by atoms with Crippen LogP contribution >= 0.6 is 11.6 Å². The molecule has 0 aromatic heterocycles. The van der Waals surface area contributed by atoms with Gasteiger partial charge in [0, 0.05) is 17.5 Å². The summed E-state index contributed by atoms with van der Waals surface area (Å²) in [7, 11) is 0. The van der Waals surface area contributed by atoms with E-state index in [2.05, 4.69) is 24.1 Å². The lowest BCUT2D eigenvalue weighted by atomic mass is 9.78. The van der Waals surface area contributed by atoms with Crippen molar-refractivity contribution in [3.63, 3.8) is 0 Å². The van der Waals surface area contributed by atoms with Crippen LogP contribution in [-0.2, 0) is 4.74 Å². The van der Waals surface area contributed by atoms with Crippen molar-refractivity contribution in [3.8, 4) is 22.6 Å². The van der Waals surface area contributed by atoms with Gasteiger partial charge in [0.25, 0.3) is 0 Å². The minimum absolute atomic E-state index is 0.0188. The third-order valence-corrected chi connectivity index (χ3v) is 7.75. The smallest absolute Gasteiger partial charge is 0.407 e. The van der Waals surface area contributed by atoms with Gasteiger partial charge in [0.1, 0.15) is 17.6 Å². The van der Waals surface area contributed by atoms with Crippen LogP contribution in [0.5, 0.6) is 11.5 Å². The number of benzene rings is 2. The fourth-order valence-corrected chi connectivity index (χ4v) is 5.71. The molecule has 4 aliphatic heterocycles. The summed E-state index contributed by atoms with van der Waals surface area (Å²) in [6.07, 6.45) is 1.92. The molecule has 0 spiro atoms. The number of alkyl carbamates (subject to hydrolysis) is 1. The number of amides is 1. The molecule has 2 aromatic rings. The lowest BCUT2D eigenvalue weighted by Crippen LogP contribution is -2.53. The summed E-state index contributed by atoms with van der Waals surface area (Å²) in [5.74, 6) is 1.92. The highest BCUT2D eigenvalue weighted by molar-refractivity contribution is 6.32. The number of halogens is 1. The molecule has 4 aliphatic rings. The monoisotopic (exact) mass is 498 g/mol. The molecule has 1 unspecified atom stereocenters. The second-order valence-corrected chi connectivity index (χ2v) is 11.4. The molecule has 6 nitrogen and oxygen atoms in total. The molecule has 35 heavy (non-hydrogen) atoms. The van der Waals surface area contributed by atoms with Gasteiger partial charge in [0.05, 0.1) is 23.8 Å². The van der Waals surface area contributed by atoms with E-state index in [-0.39, 0.29) is 29.8 Å². The summed E-state index contributed by atoms with van der Waals surface area (Å²) in [4.78, 5) is 15.4. The zero-order valence-electron chi connectivity index (χ0n) is 21.0. The first kappa shape index (κ1) is 24.3. The van der Waals surface area contributed by atoms with Gasteiger partial charge in [-0.05, 0) is 75.0 Å². The third-order valence-electron chi connectivity index (χ3n) is 7.45. The summed E-state index contributed by atoms with van der Waals surface area (Å²) >= 11 is 6.47. The van der Waals surface area contributed by atoms with Crippen molar-refractivity contribution in [2.45, 2.75) is 58.8 Å². The normalized spacial score (nSPS) is 26.6. The van der Waals surface area contributed by atoms with Crippen molar-refractivity contribution >= 4 is 17.7 Å². The van der Waals surface area contributed by atoms with Crippen molar-refractivity contribution in [1.29, 1.82) is 0 Å². The molecule has 6 rings (SSSR count). The molecule has 4 heterocycles. The van der Waals surface area contributed by atoms with Gasteiger partial charge in [-0.2, -0.15) is 0 Å². The van der Waals surface area contributed by atoms with Crippen LogP contribution in [0.1, 0.15) is 52.1 Å². The van der Waals surface area contributed by atoms with Crippen molar-refractivity contribution in [2.75, 3.05) is 26.2 Å². The maximum absolute atomic E-state index is 13.0. The van der Waals surface area contributed by atoms with Gasteiger partial charge in [0.15, 0.2) is 0 Å². The minimum Gasteiger partial charge on any atom is -0.493 e. The van der Waals surface area contributed by atoms with Crippen molar-refractivity contribution in [2.24, 2.45) is 11.3 Å². The molecule has 0 aliphatic carbocycles. The minimum atomic E-state index is -0.341. The molecular weight excluding hydrogens is 464 g/mol. The summed E-state index contributed by atoms with van der Waals surface area (Å²) in [5.41, 5.74) is 2.66. The van der Waals surface area contributed by atoms with Crippen LogP contribution in [0.4, 0.5) is 4.79 Å². The predicted molar refractivity (Wildman–Crippen MR) is 137 cm³/mol. The van der Waals surface area contributed by atoms with Crippen LogP contribution in [-0.4, -0.2) is 49.4 Å². The highest BCUT2D eigenvalue weighted by atomic mass is 35.5. The van der Waals surface area contributed by atoms with Crippen LogP contribution < -0.4 is 14.8 Å². The van der Waals surface area contributed by atoms with Gasteiger partial charge in [0.2, 0.25) is 0 Å². The average Bonchev–Trinajstić information content (AvgIpc) is 2.82. The van der Waals surface area contributed by atoms with E-state index in [1.165, 1.54) is 0 Å². The van der Waals surface area contributed by atoms with E-state index in [1.807, 2.05) is 50.2 Å². The lowest BCUT2D eigenvalue weighted by Gasteiger charge is -2.44. The molecule has 0 saturated carbocycles. The van der Waals surface area contributed by atoms with E-state index in [0.29, 0.717) is 23.3 Å². The number of nitrogens with one attached hydrogen (secondary N) is 1. The highest BCUT2D eigenvalue weighted by Gasteiger charge is 2.41. The van der Waals surface area contributed by atoms with E-state index >= 15 is 0 Å². The Morgan fingerprint density at radius 2 is 1.86 bits per heavy atom. The molecule has 3 fully saturated rings. The highest BCUT2D eigenvalue weighted by Crippen LogP contribution is 2.44. The number of piperidine rings is 3. The first-order valence-corrected chi connectivity index (χ1v) is 13.0. The number of carbonyl (C=O) groups is 1. The van der Waals surface area contributed by atoms with E-state index in [9.17, 15) is 4.79 Å². The van der Waals surface area contributed by atoms with E-state index in [0.717, 1.165) is 54.9 Å². The number of fused-ring (bicyclic) bond motifs is 4. The molecule has 2 bridgehead atoms. The first-order valence-electron chi connectivity index (χ1n) is 12.6. The molecule has 2 atom stereocenters. The fourth-order valence-electron chi connectivity index (χ4n) is 5.48. The number of nitrogens with zero attached hydrogens (tertiary/aromatic N) is 1. The molecule has 7 heteroatoms. The van der Waals surface area contributed by atoms with Gasteiger partial charge in [-0.3, -0.25) is 4.90 Å². The van der Waals surface area contributed by atoms with E-state index in [1.54, 1.807) is 0 Å². The summed E-state index contributed by atoms with van der Waals surface area (Å²) in [6.45, 7) is 11.7. The van der Waals surface area contributed by atoms with Crippen molar-refractivity contribution in [1.82, 2.24) is 10.2 Å². The Labute approximate surface area is 212 Å². The Bertz CT molecular complexity index is 1090. The maximum Gasteiger partial charge on any atom is 0.407 e. The van der Waals surface area contributed by atoms with E-state index in [4.69, 9.17) is 25.8 Å². The summed E-state index contributed by atoms with van der Waals surface area (Å²) in [5, 5.41) is 3.74. The SMILES string of the molecule is CC(C)Oc1ccc(-c2ccc3c(c2)OCC(C)(C)C3NC(=O)O[C@H]2CN3CCC2CC3)cc1Cl. The van der Waals surface area contributed by atoms with Crippen molar-refractivity contribution in [3.05, 3.63) is 47.0 Å². The Balaban J connectivity index is 1.34. The molecule has 3 saturated heterocycles. The Morgan fingerprint density at radius 1 is 1.14 bits per heavy atom. The largest absolute Gasteiger partial charge is 0.493 e. The van der Waals surface area contributed by atoms with Crippen LogP contribution in [0.25, 0.3) is 11.1 Å². The van der Waals surface area contributed by atoms with Gasteiger partial charge >= 0.3 is 6.09 Å². The molecule has 1 amide bonds. The molecule has 2 aromatic carbocycles. The average molecular weight is 499 g/mol. The van der Waals surface area contributed by atoms with Crippen molar-refractivity contribution < 1.29 is 19.0 Å². The quantitative estimate of drug-likeness (QED) is 0.541. The number of carbonyl (C=O) groups excluding carboxylic acids is 1. The van der Waals surface area contributed by atoms with Crippen LogP contribution in [0, 0.1) is 11.3 Å². The molecular formula is C28H35ClN2O4. The van der Waals surface area contributed by atoms with Gasteiger partial charge in [-0.15, -0.1) is 0 Å². The van der Waals surface area contributed by atoms with Crippen LogP contribution in [0.3, 0.4) is 0 Å². The van der Waals surface area contributed by atoms with Crippen LogP contribution in [0.2, 0.25) is 5.02 Å². The van der Waals surface area contributed by atoms with Crippen LogP contribution in [0.15, 0.2) is 36.4 Å². The van der Waals surface area contributed by atoms with Gasteiger partial charge in [-0.1, -0.05) is 43.6 Å². The number of hydrogen-bond donors (Lipinski definition) is 1. The Hall–Kier alpha value is -2.44. The third kappa shape index (κ3) is 5.10. The molecule has 0 radical (unpaired) electrons. The first-order chi connectivity index (χ1) is 16.7. The molecule has 188 valence electrons. The lowest BCUT2D eigenvalue weighted by molar-refractivity contribution is -0.0361. The Morgan fingerprint density at radius 3 is 2.51 bits per heavy atom.